The van der Waals surface area contributed by atoms with E-state index in [0.29, 0.717) is 17.1 Å². The van der Waals surface area contributed by atoms with Crippen molar-refractivity contribution in [2.24, 2.45) is 0 Å². The van der Waals surface area contributed by atoms with Gasteiger partial charge in [-0.25, -0.2) is 9.37 Å². The summed E-state index contributed by atoms with van der Waals surface area (Å²) in [6.07, 6.45) is 0. The van der Waals surface area contributed by atoms with Crippen molar-refractivity contribution in [2.75, 3.05) is 31.1 Å². The zero-order valence-corrected chi connectivity index (χ0v) is 15.8. The van der Waals surface area contributed by atoms with Crippen LogP contribution in [0.25, 0.3) is 10.9 Å². The van der Waals surface area contributed by atoms with Crippen molar-refractivity contribution in [3.8, 4) is 0 Å². The first-order valence-electron chi connectivity index (χ1n) is 8.96. The number of nitro groups is 1. The SMILES string of the molecule is O=[N+]([O-])c1ccc2nc(N3CCN(Cc4c(F)cccc4Cl)CC3)ccc2c1. The number of nitro benzene ring substituents is 1. The second kappa shape index (κ2) is 7.69. The maximum absolute atomic E-state index is 14.0. The lowest BCUT2D eigenvalue weighted by atomic mass is 10.1. The monoisotopic (exact) mass is 400 g/mol. The molecule has 1 aliphatic rings. The Morgan fingerprint density at radius 2 is 1.89 bits per heavy atom. The standard InChI is InChI=1S/C20H18ClFN4O2/c21-17-2-1-3-18(22)16(17)13-24-8-10-25(11-9-24)20-7-4-14-12-15(26(27)28)5-6-19(14)23-20/h1-7,12H,8-11,13H2. The molecular weight excluding hydrogens is 383 g/mol. The lowest BCUT2D eigenvalue weighted by Crippen LogP contribution is -2.46. The molecular formula is C20H18ClFN4O2. The number of hydrogen-bond donors (Lipinski definition) is 0. The van der Waals surface area contributed by atoms with Crippen molar-refractivity contribution in [3.05, 3.63) is 75.0 Å². The normalized spacial score (nSPS) is 15.1. The molecule has 1 aliphatic heterocycles. The molecule has 0 saturated carbocycles. The fourth-order valence-electron chi connectivity index (χ4n) is 3.43. The van der Waals surface area contributed by atoms with E-state index in [-0.39, 0.29) is 11.5 Å². The van der Waals surface area contributed by atoms with Crippen LogP contribution in [0.15, 0.2) is 48.5 Å². The fourth-order valence-corrected chi connectivity index (χ4v) is 3.66. The van der Waals surface area contributed by atoms with E-state index in [9.17, 15) is 14.5 Å². The molecule has 0 N–H and O–H groups in total. The summed E-state index contributed by atoms with van der Waals surface area (Å²) < 4.78 is 14.0. The minimum Gasteiger partial charge on any atom is -0.354 e. The Hall–Kier alpha value is -2.77. The van der Waals surface area contributed by atoms with Crippen molar-refractivity contribution in [3.63, 3.8) is 0 Å². The molecule has 8 heteroatoms. The van der Waals surface area contributed by atoms with E-state index in [2.05, 4.69) is 14.8 Å². The number of pyridine rings is 1. The van der Waals surface area contributed by atoms with Gasteiger partial charge in [0, 0.05) is 60.8 Å². The number of aromatic nitrogens is 1. The molecule has 1 fully saturated rings. The van der Waals surface area contributed by atoms with Crippen LogP contribution in [0.2, 0.25) is 5.02 Å². The van der Waals surface area contributed by atoms with Gasteiger partial charge in [-0.2, -0.15) is 0 Å². The highest BCUT2D eigenvalue weighted by Gasteiger charge is 2.20. The molecule has 1 saturated heterocycles. The summed E-state index contributed by atoms with van der Waals surface area (Å²) in [4.78, 5) is 19.5. The number of nitrogens with zero attached hydrogens (tertiary/aromatic N) is 4. The van der Waals surface area contributed by atoms with E-state index in [0.717, 1.165) is 42.9 Å². The van der Waals surface area contributed by atoms with Gasteiger partial charge in [-0.3, -0.25) is 15.0 Å². The van der Waals surface area contributed by atoms with E-state index in [1.54, 1.807) is 18.2 Å². The Balaban J connectivity index is 1.44. The molecule has 0 aliphatic carbocycles. The Morgan fingerprint density at radius 1 is 1.11 bits per heavy atom. The molecule has 144 valence electrons. The van der Waals surface area contributed by atoms with Crippen LogP contribution in [0.5, 0.6) is 0 Å². The van der Waals surface area contributed by atoms with Gasteiger partial charge in [-0.1, -0.05) is 17.7 Å². The summed E-state index contributed by atoms with van der Waals surface area (Å²) in [5.74, 6) is 0.560. The molecule has 28 heavy (non-hydrogen) atoms. The molecule has 0 amide bonds. The average molecular weight is 401 g/mol. The molecule has 0 spiro atoms. The first-order valence-corrected chi connectivity index (χ1v) is 9.34. The fraction of sp³-hybridized carbons (Fsp3) is 0.250. The number of halogens is 2. The third-order valence-corrected chi connectivity index (χ3v) is 5.36. The summed E-state index contributed by atoms with van der Waals surface area (Å²) in [5.41, 5.74) is 1.31. The maximum atomic E-state index is 14.0. The highest BCUT2D eigenvalue weighted by molar-refractivity contribution is 6.31. The third-order valence-electron chi connectivity index (χ3n) is 5.01. The van der Waals surface area contributed by atoms with Crippen LogP contribution >= 0.6 is 11.6 Å². The van der Waals surface area contributed by atoms with Crippen molar-refractivity contribution in [1.29, 1.82) is 0 Å². The van der Waals surface area contributed by atoms with Gasteiger partial charge in [0.1, 0.15) is 11.6 Å². The molecule has 0 radical (unpaired) electrons. The molecule has 0 atom stereocenters. The van der Waals surface area contributed by atoms with Gasteiger partial charge in [-0.15, -0.1) is 0 Å². The smallest absolute Gasteiger partial charge is 0.270 e. The molecule has 4 rings (SSSR count). The Bertz CT molecular complexity index is 1020. The predicted molar refractivity (Wildman–Crippen MR) is 107 cm³/mol. The zero-order valence-electron chi connectivity index (χ0n) is 15.0. The lowest BCUT2D eigenvalue weighted by Gasteiger charge is -2.35. The molecule has 3 aromatic rings. The number of anilines is 1. The van der Waals surface area contributed by atoms with Crippen LogP contribution in [0.1, 0.15) is 5.56 Å². The van der Waals surface area contributed by atoms with Crippen LogP contribution < -0.4 is 4.90 Å². The van der Waals surface area contributed by atoms with E-state index in [1.807, 2.05) is 12.1 Å². The second-order valence-corrected chi connectivity index (χ2v) is 7.17. The predicted octanol–water partition coefficient (Wildman–Crippen LogP) is 4.26. The van der Waals surface area contributed by atoms with Gasteiger partial charge >= 0.3 is 0 Å². The summed E-state index contributed by atoms with van der Waals surface area (Å²) >= 11 is 6.13. The van der Waals surface area contributed by atoms with Gasteiger partial charge < -0.3 is 4.90 Å². The number of rotatable bonds is 4. The summed E-state index contributed by atoms with van der Waals surface area (Å²) in [6, 6.07) is 13.2. The highest BCUT2D eigenvalue weighted by Crippen LogP contribution is 2.25. The lowest BCUT2D eigenvalue weighted by molar-refractivity contribution is -0.384. The minimum absolute atomic E-state index is 0.0578. The quantitative estimate of drug-likeness (QED) is 0.483. The molecule has 2 aromatic carbocycles. The van der Waals surface area contributed by atoms with Crippen molar-refractivity contribution in [1.82, 2.24) is 9.88 Å². The molecule has 0 bridgehead atoms. The Labute approximate surface area is 166 Å². The van der Waals surface area contributed by atoms with E-state index >= 15 is 0 Å². The number of hydrogen-bond acceptors (Lipinski definition) is 5. The summed E-state index contributed by atoms with van der Waals surface area (Å²) in [7, 11) is 0. The Kier molecular flexibility index (Phi) is 5.11. The van der Waals surface area contributed by atoms with E-state index in [1.165, 1.54) is 18.2 Å². The van der Waals surface area contributed by atoms with E-state index in [4.69, 9.17) is 11.6 Å². The number of non-ortho nitro benzene ring substituents is 1. The maximum Gasteiger partial charge on any atom is 0.270 e. The van der Waals surface area contributed by atoms with Gasteiger partial charge in [-0.05, 0) is 30.3 Å². The first kappa shape index (κ1) is 18.6. The van der Waals surface area contributed by atoms with Crippen LogP contribution in [-0.4, -0.2) is 41.0 Å². The van der Waals surface area contributed by atoms with Gasteiger partial charge in [0.25, 0.3) is 5.69 Å². The van der Waals surface area contributed by atoms with Crippen LogP contribution in [0, 0.1) is 15.9 Å². The van der Waals surface area contributed by atoms with Crippen molar-refractivity contribution >= 4 is 34.0 Å². The second-order valence-electron chi connectivity index (χ2n) is 6.77. The summed E-state index contributed by atoms with van der Waals surface area (Å²) in [6.45, 7) is 3.54. The van der Waals surface area contributed by atoms with Crippen LogP contribution in [0.3, 0.4) is 0 Å². The van der Waals surface area contributed by atoms with Crippen LogP contribution in [0.4, 0.5) is 15.9 Å². The van der Waals surface area contributed by atoms with Crippen molar-refractivity contribution in [2.45, 2.75) is 6.54 Å². The number of piperazine rings is 1. The largest absolute Gasteiger partial charge is 0.354 e. The molecule has 6 nitrogen and oxygen atoms in total. The summed E-state index contributed by atoms with van der Waals surface area (Å²) in [5, 5.41) is 12.1. The number of fused-ring (bicyclic) bond motifs is 1. The zero-order chi connectivity index (χ0) is 19.7. The average Bonchev–Trinajstić information content (AvgIpc) is 2.70. The van der Waals surface area contributed by atoms with Gasteiger partial charge in [0.05, 0.1) is 10.4 Å². The molecule has 2 heterocycles. The van der Waals surface area contributed by atoms with Gasteiger partial charge in [0.15, 0.2) is 0 Å². The van der Waals surface area contributed by atoms with Gasteiger partial charge in [0.2, 0.25) is 0 Å². The number of benzene rings is 2. The first-order chi connectivity index (χ1) is 13.5. The topological polar surface area (TPSA) is 62.5 Å². The highest BCUT2D eigenvalue weighted by atomic mass is 35.5. The Morgan fingerprint density at radius 3 is 2.61 bits per heavy atom. The van der Waals surface area contributed by atoms with Crippen LogP contribution in [-0.2, 0) is 6.54 Å². The van der Waals surface area contributed by atoms with E-state index < -0.39 is 4.92 Å². The third kappa shape index (κ3) is 3.76. The molecule has 0 unspecified atom stereocenters. The molecule has 1 aromatic heterocycles. The minimum atomic E-state index is -0.408. The van der Waals surface area contributed by atoms with Crippen molar-refractivity contribution < 1.29 is 9.31 Å².